The lowest BCUT2D eigenvalue weighted by Crippen LogP contribution is -2.55. The molecule has 2 atom stereocenters. The van der Waals surface area contributed by atoms with E-state index in [9.17, 15) is 14.4 Å². The molecule has 0 saturated carbocycles. The first kappa shape index (κ1) is 27.1. The van der Waals surface area contributed by atoms with E-state index in [-0.39, 0.29) is 13.0 Å². The Morgan fingerprint density at radius 3 is 1.59 bits per heavy atom. The van der Waals surface area contributed by atoms with Gasteiger partial charge in [0.2, 0.25) is 11.8 Å². The summed E-state index contributed by atoms with van der Waals surface area (Å²) in [7, 11) is 0. The first-order chi connectivity index (χ1) is 19.0. The Balaban J connectivity index is 1.57. The molecule has 7 heteroatoms. The van der Waals surface area contributed by atoms with Crippen molar-refractivity contribution in [2.45, 2.75) is 31.0 Å². The minimum Gasteiger partial charge on any atom is -0.445 e. The number of carbonyl (C=O) groups is 3. The van der Waals surface area contributed by atoms with E-state index < -0.39 is 35.9 Å². The molecule has 0 saturated heterocycles. The van der Waals surface area contributed by atoms with E-state index in [0.717, 1.165) is 22.3 Å². The average Bonchev–Trinajstić information content (AvgIpc) is 2.97. The van der Waals surface area contributed by atoms with Gasteiger partial charge in [0.15, 0.2) is 0 Å². The molecule has 4 N–H and O–H groups in total. The molecule has 39 heavy (non-hydrogen) atoms. The molecule has 0 unspecified atom stereocenters. The quantitative estimate of drug-likeness (QED) is 0.273. The predicted octanol–water partition coefficient (Wildman–Crippen LogP) is 4.33. The smallest absolute Gasteiger partial charge is 0.408 e. The molecule has 0 spiro atoms. The van der Waals surface area contributed by atoms with Crippen LogP contribution in [0.3, 0.4) is 0 Å². The summed E-state index contributed by atoms with van der Waals surface area (Å²) in [6.07, 6.45) is -0.548. The Bertz CT molecular complexity index is 1310. The second kappa shape index (κ2) is 13.6. The van der Waals surface area contributed by atoms with Crippen molar-refractivity contribution in [1.82, 2.24) is 10.6 Å². The highest BCUT2D eigenvalue weighted by Gasteiger charge is 2.33. The van der Waals surface area contributed by atoms with Crippen molar-refractivity contribution in [1.29, 1.82) is 0 Å². The van der Waals surface area contributed by atoms with Gasteiger partial charge in [0.1, 0.15) is 18.7 Å². The number of carbonyl (C=O) groups excluding carboxylic acids is 3. The maximum absolute atomic E-state index is 13.7. The highest BCUT2D eigenvalue weighted by Crippen LogP contribution is 2.28. The molecule has 0 aliphatic carbocycles. The van der Waals surface area contributed by atoms with Crippen LogP contribution in [0.5, 0.6) is 0 Å². The lowest BCUT2D eigenvalue weighted by Gasteiger charge is -2.28. The van der Waals surface area contributed by atoms with Crippen molar-refractivity contribution in [3.8, 4) is 0 Å². The third-order valence-electron chi connectivity index (χ3n) is 6.36. The lowest BCUT2D eigenvalue weighted by molar-refractivity contribution is -0.128. The molecule has 0 bridgehead atoms. The first-order valence-electron chi connectivity index (χ1n) is 12.7. The molecule has 0 fully saturated rings. The highest BCUT2D eigenvalue weighted by atomic mass is 16.5. The highest BCUT2D eigenvalue weighted by molar-refractivity contribution is 5.92. The van der Waals surface area contributed by atoms with Gasteiger partial charge in [-0.15, -0.1) is 0 Å². The molecule has 0 aliphatic rings. The van der Waals surface area contributed by atoms with Crippen molar-refractivity contribution in [3.05, 3.63) is 144 Å². The Labute approximate surface area is 228 Å². The molecule has 0 aromatic heterocycles. The zero-order valence-corrected chi connectivity index (χ0v) is 21.4. The van der Waals surface area contributed by atoms with E-state index in [0.29, 0.717) is 0 Å². The zero-order valence-electron chi connectivity index (χ0n) is 21.4. The molecular weight excluding hydrogens is 490 g/mol. The van der Waals surface area contributed by atoms with Gasteiger partial charge in [-0.3, -0.25) is 9.59 Å². The Hall–Kier alpha value is -4.91. The topological polar surface area (TPSA) is 111 Å². The van der Waals surface area contributed by atoms with Crippen LogP contribution in [-0.2, 0) is 27.4 Å². The minimum absolute atomic E-state index is 0.0559. The molecule has 4 aromatic rings. The zero-order chi connectivity index (χ0) is 27.5. The molecule has 3 amide bonds. The molecular formula is C32H31N3O4. The number of hydrogen-bond donors (Lipinski definition) is 3. The molecule has 198 valence electrons. The van der Waals surface area contributed by atoms with Gasteiger partial charge in [-0.05, 0) is 22.3 Å². The Morgan fingerprint density at radius 1 is 0.641 bits per heavy atom. The largest absolute Gasteiger partial charge is 0.445 e. The van der Waals surface area contributed by atoms with Gasteiger partial charge in [-0.1, -0.05) is 121 Å². The van der Waals surface area contributed by atoms with Crippen molar-refractivity contribution in [2.24, 2.45) is 5.73 Å². The summed E-state index contributed by atoms with van der Waals surface area (Å²) in [5, 5.41) is 5.50. The first-order valence-corrected chi connectivity index (χ1v) is 12.7. The SMILES string of the molecule is NC(=O)[C@@H](NC(=O)[C@H](Cc1ccccc1)NC(=O)OCc1ccccc1)C(c1ccccc1)c1ccccc1. The van der Waals surface area contributed by atoms with Crippen LogP contribution < -0.4 is 16.4 Å². The number of alkyl carbamates (subject to hydrolysis) is 1. The van der Waals surface area contributed by atoms with Crippen LogP contribution in [0.1, 0.15) is 28.2 Å². The van der Waals surface area contributed by atoms with Crippen molar-refractivity contribution in [3.63, 3.8) is 0 Å². The van der Waals surface area contributed by atoms with Gasteiger partial charge in [0.25, 0.3) is 0 Å². The number of nitrogens with one attached hydrogen (secondary N) is 2. The fraction of sp³-hybridized carbons (Fsp3) is 0.156. The summed E-state index contributed by atoms with van der Waals surface area (Å²) in [6, 6.07) is 35.3. The normalized spacial score (nSPS) is 12.2. The monoisotopic (exact) mass is 521 g/mol. The van der Waals surface area contributed by atoms with E-state index in [1.165, 1.54) is 0 Å². The van der Waals surface area contributed by atoms with Gasteiger partial charge in [-0.25, -0.2) is 4.79 Å². The second-order valence-corrected chi connectivity index (χ2v) is 9.14. The van der Waals surface area contributed by atoms with Crippen LogP contribution in [0.15, 0.2) is 121 Å². The van der Waals surface area contributed by atoms with Crippen LogP contribution in [-0.4, -0.2) is 30.0 Å². The average molecular weight is 522 g/mol. The summed E-state index contributed by atoms with van der Waals surface area (Å²) < 4.78 is 5.36. The maximum atomic E-state index is 13.7. The van der Waals surface area contributed by atoms with Crippen LogP contribution in [0.25, 0.3) is 0 Å². The summed E-state index contributed by atoms with van der Waals surface area (Å²) in [5.41, 5.74) is 9.16. The summed E-state index contributed by atoms with van der Waals surface area (Å²) in [5.74, 6) is -1.77. The van der Waals surface area contributed by atoms with Crippen molar-refractivity contribution < 1.29 is 19.1 Å². The number of ether oxygens (including phenoxy) is 1. The molecule has 7 nitrogen and oxygen atoms in total. The number of hydrogen-bond acceptors (Lipinski definition) is 4. The number of primary amides is 1. The van der Waals surface area contributed by atoms with E-state index in [4.69, 9.17) is 10.5 Å². The molecule has 0 heterocycles. The van der Waals surface area contributed by atoms with Crippen molar-refractivity contribution >= 4 is 17.9 Å². The van der Waals surface area contributed by atoms with Gasteiger partial charge >= 0.3 is 6.09 Å². The summed E-state index contributed by atoms with van der Waals surface area (Å²) >= 11 is 0. The van der Waals surface area contributed by atoms with Gasteiger partial charge in [-0.2, -0.15) is 0 Å². The number of nitrogens with two attached hydrogens (primary N) is 1. The summed E-state index contributed by atoms with van der Waals surface area (Å²) in [4.78, 5) is 39.1. The molecule has 4 rings (SSSR count). The van der Waals surface area contributed by atoms with Crippen LogP contribution in [0, 0.1) is 0 Å². The molecule has 0 aliphatic heterocycles. The van der Waals surface area contributed by atoms with Gasteiger partial charge < -0.3 is 21.1 Å². The predicted molar refractivity (Wildman–Crippen MR) is 150 cm³/mol. The third kappa shape index (κ3) is 7.79. The van der Waals surface area contributed by atoms with Crippen molar-refractivity contribution in [2.75, 3.05) is 0 Å². The van der Waals surface area contributed by atoms with Crippen LogP contribution in [0.4, 0.5) is 4.79 Å². The summed E-state index contributed by atoms with van der Waals surface area (Å²) in [6.45, 7) is 0.0559. The fourth-order valence-electron chi connectivity index (χ4n) is 4.44. The van der Waals surface area contributed by atoms with E-state index >= 15 is 0 Å². The third-order valence-corrected chi connectivity index (χ3v) is 6.36. The van der Waals surface area contributed by atoms with Crippen LogP contribution >= 0.6 is 0 Å². The van der Waals surface area contributed by atoms with E-state index in [1.807, 2.05) is 121 Å². The molecule has 0 radical (unpaired) electrons. The minimum atomic E-state index is -1.07. The second-order valence-electron chi connectivity index (χ2n) is 9.14. The number of rotatable bonds is 11. The Morgan fingerprint density at radius 2 is 1.10 bits per heavy atom. The standard InChI is InChI=1S/C32H31N3O4/c33-30(36)29(28(25-17-9-3-10-18-25)26-19-11-4-12-20-26)35-31(37)27(21-23-13-5-1-6-14-23)34-32(38)39-22-24-15-7-2-8-16-24/h1-20,27-29H,21-22H2,(H2,33,36)(H,34,38)(H,35,37)/t27-,29-/m0/s1. The van der Waals surface area contributed by atoms with E-state index in [1.54, 1.807) is 0 Å². The number of benzene rings is 4. The fourth-order valence-corrected chi connectivity index (χ4v) is 4.44. The van der Waals surface area contributed by atoms with Crippen LogP contribution in [0.2, 0.25) is 0 Å². The maximum Gasteiger partial charge on any atom is 0.408 e. The number of amides is 3. The Kier molecular flexibility index (Phi) is 9.45. The van der Waals surface area contributed by atoms with E-state index in [2.05, 4.69) is 10.6 Å². The van der Waals surface area contributed by atoms with Gasteiger partial charge in [0.05, 0.1) is 0 Å². The molecule has 4 aromatic carbocycles. The lowest BCUT2D eigenvalue weighted by atomic mass is 9.84. The van der Waals surface area contributed by atoms with Gasteiger partial charge in [0, 0.05) is 12.3 Å².